The zero-order valence-corrected chi connectivity index (χ0v) is 18.2. The van der Waals surface area contributed by atoms with E-state index >= 15 is 0 Å². The van der Waals surface area contributed by atoms with Crippen LogP contribution in [0.2, 0.25) is 0 Å². The van der Waals surface area contributed by atoms with E-state index in [9.17, 15) is 9.90 Å². The average molecular weight is 494 g/mol. The first-order valence-corrected chi connectivity index (χ1v) is 10.3. The molecule has 27 heavy (non-hydrogen) atoms. The molecule has 1 amide bonds. The van der Waals surface area contributed by atoms with Gasteiger partial charge in [0.25, 0.3) is 5.91 Å². The van der Waals surface area contributed by atoms with E-state index in [0.717, 1.165) is 16.8 Å². The highest BCUT2D eigenvalue weighted by molar-refractivity contribution is 14.1. The minimum Gasteiger partial charge on any atom is -0.504 e. The number of hydrogen-bond acceptors (Lipinski definition) is 5. The van der Waals surface area contributed by atoms with Crippen LogP contribution in [0.15, 0.2) is 46.3 Å². The summed E-state index contributed by atoms with van der Waals surface area (Å²) >= 11 is 3.38. The molecule has 1 saturated heterocycles. The molecule has 2 aromatic rings. The van der Waals surface area contributed by atoms with Crippen molar-refractivity contribution in [3.05, 3.63) is 56.0 Å². The van der Waals surface area contributed by atoms with Gasteiger partial charge < -0.3 is 9.84 Å². The smallest absolute Gasteiger partial charge is 0.266 e. The number of aryl methyl sites for hydroxylation is 1. The number of nitrogens with zero attached hydrogens (tertiary/aromatic N) is 2. The maximum Gasteiger partial charge on any atom is 0.266 e. The molecule has 0 atom stereocenters. The van der Waals surface area contributed by atoms with Gasteiger partial charge in [-0.3, -0.25) is 9.69 Å². The number of amidine groups is 1. The minimum absolute atomic E-state index is 0.105. The van der Waals surface area contributed by atoms with Gasteiger partial charge in [-0.25, -0.2) is 4.99 Å². The van der Waals surface area contributed by atoms with Gasteiger partial charge in [0.15, 0.2) is 16.7 Å². The van der Waals surface area contributed by atoms with Crippen LogP contribution >= 0.6 is 34.4 Å². The van der Waals surface area contributed by atoms with E-state index in [-0.39, 0.29) is 11.7 Å². The number of ether oxygens (including phenoxy) is 1. The van der Waals surface area contributed by atoms with E-state index in [1.807, 2.05) is 66.8 Å². The van der Waals surface area contributed by atoms with Gasteiger partial charge in [0.1, 0.15) is 0 Å². The number of halogens is 1. The molecule has 3 rings (SSSR count). The van der Waals surface area contributed by atoms with Crippen LogP contribution in [0.1, 0.15) is 18.1 Å². The van der Waals surface area contributed by atoms with E-state index in [2.05, 4.69) is 4.99 Å². The summed E-state index contributed by atoms with van der Waals surface area (Å²) in [6, 6.07) is 11.4. The van der Waals surface area contributed by atoms with Crippen LogP contribution in [0.5, 0.6) is 11.5 Å². The van der Waals surface area contributed by atoms with Gasteiger partial charge >= 0.3 is 0 Å². The normalized spacial score (nSPS) is 17.2. The Morgan fingerprint density at radius 2 is 2.00 bits per heavy atom. The number of aliphatic imine (C=N–C) groups is 1. The average Bonchev–Trinajstić information content (AvgIpc) is 2.89. The molecule has 5 nitrogen and oxygen atoms in total. The van der Waals surface area contributed by atoms with Crippen LogP contribution in [0.4, 0.5) is 5.69 Å². The van der Waals surface area contributed by atoms with Crippen molar-refractivity contribution in [1.29, 1.82) is 0 Å². The predicted octanol–water partition coefficient (Wildman–Crippen LogP) is 4.94. The monoisotopic (exact) mass is 494 g/mol. The van der Waals surface area contributed by atoms with Crippen LogP contribution in [0.3, 0.4) is 0 Å². The quantitative estimate of drug-likeness (QED) is 0.484. The molecule has 1 N–H and O–H groups in total. The number of phenolic OH excluding ortho intramolecular Hbond substituents is 1. The van der Waals surface area contributed by atoms with Gasteiger partial charge in [0, 0.05) is 7.05 Å². The zero-order valence-electron chi connectivity index (χ0n) is 15.2. The highest BCUT2D eigenvalue weighted by atomic mass is 127. The molecule has 1 heterocycles. The number of phenols is 1. The van der Waals surface area contributed by atoms with Crippen molar-refractivity contribution in [1.82, 2.24) is 4.90 Å². The largest absolute Gasteiger partial charge is 0.504 e. The standard InChI is InChI=1S/C20H19IN2O3S/c1-4-26-16-10-13(9-15(21)18(16)24)11-17-19(25)23(3)20(27-17)22-14-7-5-12(2)6-8-14/h5-11,24H,4H2,1-3H3/b17-11+,22-20?. The number of carbonyl (C=O) groups excluding carboxylic acids is 1. The second kappa shape index (κ2) is 8.35. The third kappa shape index (κ3) is 4.47. The summed E-state index contributed by atoms with van der Waals surface area (Å²) in [4.78, 5) is 19.3. The Hall–Kier alpha value is -2.00. The first kappa shape index (κ1) is 19.8. The lowest BCUT2D eigenvalue weighted by atomic mass is 10.2. The van der Waals surface area contributed by atoms with Crippen molar-refractivity contribution >= 4 is 57.2 Å². The van der Waals surface area contributed by atoms with Crippen molar-refractivity contribution in [3.63, 3.8) is 0 Å². The second-order valence-electron chi connectivity index (χ2n) is 5.99. The third-order valence-corrected chi connectivity index (χ3v) is 5.79. The van der Waals surface area contributed by atoms with Crippen molar-refractivity contribution in [2.24, 2.45) is 4.99 Å². The molecule has 0 unspecified atom stereocenters. The van der Waals surface area contributed by atoms with Gasteiger partial charge in [-0.05, 0) is 84.1 Å². The van der Waals surface area contributed by atoms with Crippen molar-refractivity contribution in [3.8, 4) is 11.5 Å². The van der Waals surface area contributed by atoms with Gasteiger partial charge in [-0.2, -0.15) is 0 Å². The second-order valence-corrected chi connectivity index (χ2v) is 8.16. The molecule has 0 spiro atoms. The Morgan fingerprint density at radius 3 is 2.67 bits per heavy atom. The molecule has 0 radical (unpaired) electrons. The predicted molar refractivity (Wildman–Crippen MR) is 119 cm³/mol. The highest BCUT2D eigenvalue weighted by Gasteiger charge is 2.30. The van der Waals surface area contributed by atoms with Gasteiger partial charge in [0.2, 0.25) is 0 Å². The molecule has 2 aromatic carbocycles. The number of amides is 1. The van der Waals surface area contributed by atoms with Crippen molar-refractivity contribution in [2.75, 3.05) is 13.7 Å². The van der Waals surface area contributed by atoms with E-state index in [0.29, 0.717) is 26.0 Å². The van der Waals surface area contributed by atoms with Crippen LogP contribution in [0.25, 0.3) is 6.08 Å². The number of hydrogen-bond donors (Lipinski definition) is 1. The lowest BCUT2D eigenvalue weighted by Crippen LogP contribution is -2.23. The Balaban J connectivity index is 1.91. The fraction of sp³-hybridized carbons (Fsp3) is 0.200. The zero-order chi connectivity index (χ0) is 19.6. The number of aromatic hydroxyl groups is 1. The molecule has 140 valence electrons. The van der Waals surface area contributed by atoms with Crippen LogP contribution < -0.4 is 4.74 Å². The first-order chi connectivity index (χ1) is 12.9. The molecule has 0 bridgehead atoms. The van der Waals surface area contributed by atoms with E-state index in [4.69, 9.17) is 4.74 Å². The fourth-order valence-corrected chi connectivity index (χ4v) is 4.09. The summed E-state index contributed by atoms with van der Waals surface area (Å²) in [5.41, 5.74) is 2.76. The van der Waals surface area contributed by atoms with Crippen LogP contribution in [-0.2, 0) is 4.79 Å². The third-order valence-electron chi connectivity index (χ3n) is 3.91. The van der Waals surface area contributed by atoms with Crippen LogP contribution in [0, 0.1) is 10.5 Å². The summed E-state index contributed by atoms with van der Waals surface area (Å²) in [6.45, 7) is 4.33. The van der Waals surface area contributed by atoms with Gasteiger partial charge in [-0.1, -0.05) is 17.7 Å². The highest BCUT2D eigenvalue weighted by Crippen LogP contribution is 2.37. The molecule has 1 aliphatic rings. The van der Waals surface area contributed by atoms with E-state index < -0.39 is 0 Å². The topological polar surface area (TPSA) is 62.1 Å². The van der Waals surface area contributed by atoms with Gasteiger partial charge in [-0.15, -0.1) is 0 Å². The fourth-order valence-electron chi connectivity index (χ4n) is 2.48. The molecule has 0 aromatic heterocycles. The summed E-state index contributed by atoms with van der Waals surface area (Å²) < 4.78 is 6.14. The summed E-state index contributed by atoms with van der Waals surface area (Å²) in [5.74, 6) is 0.421. The molecule has 1 aliphatic heterocycles. The summed E-state index contributed by atoms with van der Waals surface area (Å²) in [7, 11) is 1.72. The molecule has 7 heteroatoms. The summed E-state index contributed by atoms with van der Waals surface area (Å²) in [6.07, 6.45) is 1.80. The maximum absolute atomic E-state index is 12.6. The van der Waals surface area contributed by atoms with E-state index in [1.54, 1.807) is 24.1 Å². The molecule has 0 aliphatic carbocycles. The van der Waals surface area contributed by atoms with Gasteiger partial charge in [0.05, 0.1) is 20.8 Å². The number of rotatable bonds is 4. The lowest BCUT2D eigenvalue weighted by molar-refractivity contribution is -0.121. The Bertz CT molecular complexity index is 939. The summed E-state index contributed by atoms with van der Waals surface area (Å²) in [5, 5.41) is 10.7. The minimum atomic E-state index is -0.105. The maximum atomic E-state index is 12.6. The molecular formula is C20H19IN2O3S. The lowest BCUT2D eigenvalue weighted by Gasteiger charge is -2.09. The SMILES string of the molecule is CCOc1cc(/C=C2/SC(=Nc3ccc(C)cc3)N(C)C2=O)cc(I)c1O. The molecule has 1 fully saturated rings. The number of thioether (sulfide) groups is 1. The Labute approximate surface area is 176 Å². The van der Waals surface area contributed by atoms with Crippen LogP contribution in [-0.4, -0.2) is 34.7 Å². The molecular weight excluding hydrogens is 475 g/mol. The number of likely N-dealkylation sites (N-methyl/N-ethyl adjacent to an activating group) is 1. The first-order valence-electron chi connectivity index (χ1n) is 8.37. The Morgan fingerprint density at radius 1 is 1.30 bits per heavy atom. The molecule has 0 saturated carbocycles. The number of carbonyl (C=O) groups is 1. The van der Waals surface area contributed by atoms with Crippen molar-refractivity contribution < 1.29 is 14.6 Å². The van der Waals surface area contributed by atoms with E-state index in [1.165, 1.54) is 11.8 Å². The number of benzene rings is 2. The Kier molecular flexibility index (Phi) is 6.11. The van der Waals surface area contributed by atoms with Crippen molar-refractivity contribution in [2.45, 2.75) is 13.8 Å².